The van der Waals surface area contributed by atoms with Crippen molar-refractivity contribution in [2.45, 2.75) is 0 Å². The van der Waals surface area contributed by atoms with Gasteiger partial charge in [-0.3, -0.25) is 0 Å². The molecule has 22 heavy (non-hydrogen) atoms. The number of benzene rings is 1. The fraction of sp³-hybridized carbons (Fsp3) is 0.333. The van der Waals surface area contributed by atoms with Crippen LogP contribution in [0.4, 0.5) is 11.5 Å². The number of piperazine rings is 1. The van der Waals surface area contributed by atoms with Crippen molar-refractivity contribution < 1.29 is 0 Å². The molecule has 7 nitrogen and oxygen atoms in total. The Morgan fingerprint density at radius 2 is 1.64 bits per heavy atom. The zero-order chi connectivity index (χ0) is 14.9. The van der Waals surface area contributed by atoms with Crippen LogP contribution in [0, 0.1) is 0 Å². The van der Waals surface area contributed by atoms with E-state index in [2.05, 4.69) is 54.3 Å². The Bertz CT molecular complexity index is 775. The minimum Gasteiger partial charge on any atom is -0.368 e. The molecule has 0 atom stereocenters. The maximum absolute atomic E-state index is 4.42. The number of aromatic nitrogens is 5. The van der Waals surface area contributed by atoms with Crippen LogP contribution >= 0.6 is 0 Å². The first-order valence-corrected chi connectivity index (χ1v) is 7.38. The molecule has 1 aromatic carbocycles. The molecule has 0 spiro atoms. The number of nitrogens with zero attached hydrogens (tertiary/aromatic N) is 7. The molecule has 112 valence electrons. The molecule has 1 fully saturated rings. The largest absolute Gasteiger partial charge is 0.368 e. The van der Waals surface area contributed by atoms with E-state index in [1.54, 1.807) is 11.0 Å². The summed E-state index contributed by atoms with van der Waals surface area (Å²) < 4.78 is 1.68. The maximum Gasteiger partial charge on any atom is 0.183 e. The zero-order valence-corrected chi connectivity index (χ0v) is 12.4. The molecule has 1 aliphatic rings. The van der Waals surface area contributed by atoms with Gasteiger partial charge in [-0.1, -0.05) is 23.4 Å². The molecule has 1 aliphatic heterocycles. The summed E-state index contributed by atoms with van der Waals surface area (Å²) in [6.45, 7) is 3.76. The van der Waals surface area contributed by atoms with Crippen molar-refractivity contribution in [3.8, 4) is 0 Å². The average molecular weight is 295 g/mol. The van der Waals surface area contributed by atoms with Crippen LogP contribution in [-0.2, 0) is 7.05 Å². The number of hydrogen-bond donors (Lipinski definition) is 0. The summed E-state index contributed by atoms with van der Waals surface area (Å²) in [5.41, 5.74) is 2.82. The third-order valence-electron chi connectivity index (χ3n) is 4.07. The van der Waals surface area contributed by atoms with Crippen LogP contribution < -0.4 is 9.80 Å². The molecule has 1 saturated heterocycles. The van der Waals surface area contributed by atoms with Gasteiger partial charge in [0.1, 0.15) is 6.33 Å². The highest BCUT2D eigenvalue weighted by Gasteiger charge is 2.21. The van der Waals surface area contributed by atoms with Gasteiger partial charge < -0.3 is 9.80 Å². The van der Waals surface area contributed by atoms with Crippen LogP contribution in [0.25, 0.3) is 11.2 Å². The van der Waals surface area contributed by atoms with Crippen LogP contribution in [0.1, 0.15) is 0 Å². The lowest BCUT2D eigenvalue weighted by Crippen LogP contribution is -2.46. The molecule has 3 heterocycles. The second kappa shape index (κ2) is 5.25. The maximum atomic E-state index is 4.42. The Labute approximate surface area is 128 Å². The van der Waals surface area contributed by atoms with Crippen molar-refractivity contribution in [3.63, 3.8) is 0 Å². The molecule has 0 aliphatic carbocycles. The quantitative estimate of drug-likeness (QED) is 0.705. The van der Waals surface area contributed by atoms with Crippen LogP contribution in [-0.4, -0.2) is 51.1 Å². The first-order chi connectivity index (χ1) is 10.8. The van der Waals surface area contributed by atoms with Gasteiger partial charge in [-0.25, -0.2) is 14.6 Å². The number of aryl methyl sites for hydroxylation is 1. The summed E-state index contributed by atoms with van der Waals surface area (Å²) in [6.07, 6.45) is 1.59. The topological polar surface area (TPSA) is 63.0 Å². The van der Waals surface area contributed by atoms with E-state index in [-0.39, 0.29) is 0 Å². The Morgan fingerprint density at radius 3 is 2.41 bits per heavy atom. The molecule has 4 rings (SSSR count). The van der Waals surface area contributed by atoms with Crippen LogP contribution in [0.3, 0.4) is 0 Å². The van der Waals surface area contributed by atoms with E-state index in [0.29, 0.717) is 0 Å². The molecule has 3 aromatic rings. The zero-order valence-electron chi connectivity index (χ0n) is 12.4. The van der Waals surface area contributed by atoms with Gasteiger partial charge in [0.2, 0.25) is 0 Å². The fourth-order valence-electron chi connectivity index (χ4n) is 2.89. The Hall–Kier alpha value is -2.70. The van der Waals surface area contributed by atoms with Crippen LogP contribution in [0.2, 0.25) is 0 Å². The predicted molar refractivity (Wildman–Crippen MR) is 85.0 cm³/mol. The first-order valence-electron chi connectivity index (χ1n) is 7.38. The summed E-state index contributed by atoms with van der Waals surface area (Å²) in [4.78, 5) is 13.3. The van der Waals surface area contributed by atoms with Gasteiger partial charge in [-0.05, 0) is 12.1 Å². The summed E-state index contributed by atoms with van der Waals surface area (Å²) in [5.74, 6) is 0.880. The summed E-state index contributed by atoms with van der Waals surface area (Å²) in [6, 6.07) is 10.5. The average Bonchev–Trinajstić information content (AvgIpc) is 2.97. The highest BCUT2D eigenvalue weighted by molar-refractivity contribution is 5.82. The fourth-order valence-corrected chi connectivity index (χ4v) is 2.89. The highest BCUT2D eigenvalue weighted by atomic mass is 15.4. The summed E-state index contributed by atoms with van der Waals surface area (Å²) in [5, 5.41) is 8.24. The third kappa shape index (κ3) is 2.14. The van der Waals surface area contributed by atoms with E-state index in [4.69, 9.17) is 0 Å². The van der Waals surface area contributed by atoms with Gasteiger partial charge in [0.05, 0.1) is 0 Å². The molecule has 0 bridgehead atoms. The minimum absolute atomic E-state index is 0.774. The molecule has 0 N–H and O–H groups in total. The summed E-state index contributed by atoms with van der Waals surface area (Å²) in [7, 11) is 1.85. The van der Waals surface area contributed by atoms with Crippen molar-refractivity contribution in [2.24, 2.45) is 7.05 Å². The van der Waals surface area contributed by atoms with Gasteiger partial charge in [-0.15, -0.1) is 5.10 Å². The second-order valence-corrected chi connectivity index (χ2v) is 5.39. The molecule has 0 saturated carbocycles. The molecule has 0 unspecified atom stereocenters. The number of anilines is 2. The lowest BCUT2D eigenvalue weighted by atomic mass is 10.2. The SMILES string of the molecule is Cn1nnc2c(N3CCN(c4ccccc4)CC3)ncnc21. The normalized spacial score (nSPS) is 15.5. The number of para-hydroxylation sites is 1. The van der Waals surface area contributed by atoms with Gasteiger partial charge in [-0.2, -0.15) is 0 Å². The molecular formula is C15H17N7. The van der Waals surface area contributed by atoms with E-state index in [0.717, 1.165) is 43.2 Å². The minimum atomic E-state index is 0.774. The highest BCUT2D eigenvalue weighted by Crippen LogP contribution is 2.23. The van der Waals surface area contributed by atoms with Crippen molar-refractivity contribution in [2.75, 3.05) is 36.0 Å². The Kier molecular flexibility index (Phi) is 3.10. The van der Waals surface area contributed by atoms with Gasteiger partial charge in [0.15, 0.2) is 17.0 Å². The van der Waals surface area contributed by atoms with E-state index in [1.165, 1.54) is 5.69 Å². The Balaban J connectivity index is 1.56. The first kappa shape index (κ1) is 13.0. The third-order valence-corrected chi connectivity index (χ3v) is 4.07. The van der Waals surface area contributed by atoms with Crippen LogP contribution in [0.5, 0.6) is 0 Å². The molecular weight excluding hydrogens is 278 g/mol. The smallest absolute Gasteiger partial charge is 0.183 e. The standard InChI is InChI=1S/C15H17N7/c1-20-14-13(18-19-20)15(17-11-16-14)22-9-7-21(8-10-22)12-5-3-2-4-6-12/h2-6,11H,7-10H2,1H3. The van der Waals surface area contributed by atoms with E-state index < -0.39 is 0 Å². The molecule has 2 aromatic heterocycles. The molecule has 0 amide bonds. The monoisotopic (exact) mass is 295 g/mol. The predicted octanol–water partition coefficient (Wildman–Crippen LogP) is 1.08. The summed E-state index contributed by atoms with van der Waals surface area (Å²) >= 11 is 0. The van der Waals surface area contributed by atoms with Crippen molar-refractivity contribution in [1.29, 1.82) is 0 Å². The number of hydrogen-bond acceptors (Lipinski definition) is 6. The Morgan fingerprint density at radius 1 is 0.909 bits per heavy atom. The number of fused-ring (bicyclic) bond motifs is 1. The number of rotatable bonds is 2. The van der Waals surface area contributed by atoms with Crippen molar-refractivity contribution in [1.82, 2.24) is 25.0 Å². The van der Waals surface area contributed by atoms with E-state index in [9.17, 15) is 0 Å². The van der Waals surface area contributed by atoms with Gasteiger partial charge >= 0.3 is 0 Å². The lowest BCUT2D eigenvalue weighted by molar-refractivity contribution is 0.648. The lowest BCUT2D eigenvalue weighted by Gasteiger charge is -2.36. The van der Waals surface area contributed by atoms with Crippen molar-refractivity contribution >= 4 is 22.7 Å². The molecule has 0 radical (unpaired) electrons. The van der Waals surface area contributed by atoms with Gasteiger partial charge in [0.25, 0.3) is 0 Å². The van der Waals surface area contributed by atoms with Crippen LogP contribution in [0.15, 0.2) is 36.7 Å². The van der Waals surface area contributed by atoms with Crippen molar-refractivity contribution in [3.05, 3.63) is 36.7 Å². The molecule has 7 heteroatoms. The second-order valence-electron chi connectivity index (χ2n) is 5.39. The van der Waals surface area contributed by atoms with E-state index >= 15 is 0 Å². The van der Waals surface area contributed by atoms with Gasteiger partial charge in [0, 0.05) is 38.9 Å². The van der Waals surface area contributed by atoms with E-state index in [1.807, 2.05) is 13.1 Å².